The van der Waals surface area contributed by atoms with Crippen LogP contribution in [0.4, 0.5) is 17.1 Å². The number of carbonyl (C=O) groups is 1. The van der Waals surface area contributed by atoms with Gasteiger partial charge in [0.1, 0.15) is 22.4 Å². The molecule has 5 aromatic rings. The molecule has 0 aliphatic carbocycles. The van der Waals surface area contributed by atoms with Crippen molar-refractivity contribution in [2.24, 2.45) is 0 Å². The van der Waals surface area contributed by atoms with E-state index in [9.17, 15) is 10.1 Å². The molecule has 9 heteroatoms. The largest absolute Gasteiger partial charge is 0.497 e. The fraction of sp³-hybridized carbons (Fsp3) is 0.0645. The first kappa shape index (κ1) is 26.8. The summed E-state index contributed by atoms with van der Waals surface area (Å²) in [5.74, 6) is 0.495. The number of anilines is 3. The van der Waals surface area contributed by atoms with Crippen LogP contribution in [0.15, 0.2) is 114 Å². The van der Waals surface area contributed by atoms with Gasteiger partial charge >= 0.3 is 0 Å². The standard InChI is InChI=1S/C31H25N5O2S2/c1-38-25-16-10-11-22(19-25)33-30(26(20-32)31-34-27-17-8-9-18-28(27)40-31)39-21-29(37)35-36(23-12-4-2-5-13-23)24-14-6-3-7-15-24/h2-19,33H,21H2,1H3,(H,35,37)/b30-26+. The molecule has 40 heavy (non-hydrogen) atoms. The van der Waals surface area contributed by atoms with E-state index in [2.05, 4.69) is 21.8 Å². The topological polar surface area (TPSA) is 90.3 Å². The Hall–Kier alpha value is -4.78. The second kappa shape index (κ2) is 12.8. The molecule has 0 aliphatic rings. The van der Waals surface area contributed by atoms with Gasteiger partial charge in [-0.25, -0.2) is 4.98 Å². The quantitative estimate of drug-likeness (QED) is 0.137. The lowest BCUT2D eigenvalue weighted by Crippen LogP contribution is -2.40. The average molecular weight is 564 g/mol. The summed E-state index contributed by atoms with van der Waals surface area (Å²) >= 11 is 2.68. The molecule has 198 valence electrons. The number of fused-ring (bicyclic) bond motifs is 1. The number of ether oxygens (including phenoxy) is 1. The van der Waals surface area contributed by atoms with Crippen molar-refractivity contribution in [1.29, 1.82) is 5.26 Å². The number of thioether (sulfide) groups is 1. The first-order valence-corrected chi connectivity index (χ1v) is 14.2. The number of nitrogens with one attached hydrogen (secondary N) is 2. The molecule has 0 saturated heterocycles. The third-order valence-corrected chi connectivity index (χ3v) is 7.84. The Morgan fingerprint density at radius 2 is 1.62 bits per heavy atom. The second-order valence-electron chi connectivity index (χ2n) is 8.49. The first-order chi connectivity index (χ1) is 19.6. The van der Waals surface area contributed by atoms with Gasteiger partial charge in [0.2, 0.25) is 5.91 Å². The van der Waals surface area contributed by atoms with Crippen molar-refractivity contribution in [3.05, 3.63) is 119 Å². The molecule has 0 unspecified atom stereocenters. The van der Waals surface area contributed by atoms with Gasteiger partial charge in [0.05, 0.1) is 39.5 Å². The first-order valence-electron chi connectivity index (χ1n) is 12.4. The molecule has 0 spiro atoms. The number of nitriles is 1. The number of allylic oxidation sites excluding steroid dienone is 1. The number of thiazole rings is 1. The van der Waals surface area contributed by atoms with Crippen LogP contribution in [0, 0.1) is 11.3 Å². The number of hydrazine groups is 1. The van der Waals surface area contributed by atoms with Gasteiger partial charge in [0.15, 0.2) is 0 Å². The highest BCUT2D eigenvalue weighted by molar-refractivity contribution is 8.04. The van der Waals surface area contributed by atoms with E-state index in [0.717, 1.165) is 27.3 Å². The lowest BCUT2D eigenvalue weighted by Gasteiger charge is -2.25. The molecule has 0 bridgehead atoms. The molecule has 7 nitrogen and oxygen atoms in total. The molecular formula is C31H25N5O2S2. The highest BCUT2D eigenvalue weighted by Gasteiger charge is 2.19. The summed E-state index contributed by atoms with van der Waals surface area (Å²) in [6.07, 6.45) is 0. The molecule has 1 heterocycles. The normalized spacial score (nSPS) is 11.3. The Labute approximate surface area is 240 Å². The van der Waals surface area contributed by atoms with E-state index < -0.39 is 0 Å². The zero-order valence-corrected chi connectivity index (χ0v) is 23.2. The minimum Gasteiger partial charge on any atom is -0.497 e. The van der Waals surface area contributed by atoms with Crippen molar-refractivity contribution in [1.82, 2.24) is 10.4 Å². The van der Waals surface area contributed by atoms with Gasteiger partial charge in [-0.1, -0.05) is 66.4 Å². The maximum absolute atomic E-state index is 13.3. The van der Waals surface area contributed by atoms with E-state index in [1.165, 1.54) is 23.1 Å². The van der Waals surface area contributed by atoms with Crippen LogP contribution in [0.5, 0.6) is 5.75 Å². The number of methoxy groups -OCH3 is 1. The molecule has 1 aromatic heterocycles. The number of benzene rings is 4. The number of nitrogens with zero attached hydrogens (tertiary/aromatic N) is 3. The summed E-state index contributed by atoms with van der Waals surface area (Å²) < 4.78 is 6.35. The lowest BCUT2D eigenvalue weighted by atomic mass is 10.2. The molecule has 4 aromatic carbocycles. The fourth-order valence-electron chi connectivity index (χ4n) is 3.90. The molecule has 5 rings (SSSR count). The molecule has 0 fully saturated rings. The zero-order valence-electron chi connectivity index (χ0n) is 21.6. The van der Waals surface area contributed by atoms with Gasteiger partial charge in [-0.05, 0) is 48.5 Å². The van der Waals surface area contributed by atoms with E-state index >= 15 is 0 Å². The van der Waals surface area contributed by atoms with Crippen LogP contribution in [0.3, 0.4) is 0 Å². The predicted octanol–water partition coefficient (Wildman–Crippen LogP) is 7.21. The molecule has 2 N–H and O–H groups in total. The van der Waals surface area contributed by atoms with Crippen LogP contribution >= 0.6 is 23.1 Å². The monoisotopic (exact) mass is 563 g/mol. The van der Waals surface area contributed by atoms with Crippen molar-refractivity contribution in [2.75, 3.05) is 23.2 Å². The van der Waals surface area contributed by atoms with Crippen molar-refractivity contribution < 1.29 is 9.53 Å². The van der Waals surface area contributed by atoms with Gasteiger partial charge < -0.3 is 10.1 Å². The van der Waals surface area contributed by atoms with Crippen molar-refractivity contribution in [3.8, 4) is 11.8 Å². The molecule has 1 amide bonds. The van der Waals surface area contributed by atoms with Crippen LogP contribution < -0.4 is 20.5 Å². The number of amides is 1. The number of para-hydroxylation sites is 3. The Morgan fingerprint density at radius 3 is 2.27 bits per heavy atom. The molecule has 0 atom stereocenters. The molecule has 0 aliphatic heterocycles. The maximum atomic E-state index is 13.3. The van der Waals surface area contributed by atoms with E-state index in [-0.39, 0.29) is 11.7 Å². The third-order valence-electron chi connectivity index (χ3n) is 5.79. The molecule has 0 radical (unpaired) electrons. The van der Waals surface area contributed by atoms with E-state index in [1.54, 1.807) is 12.1 Å². The third kappa shape index (κ3) is 6.43. The minimum atomic E-state index is -0.232. The zero-order chi connectivity index (χ0) is 27.7. The summed E-state index contributed by atoms with van der Waals surface area (Å²) in [6, 6.07) is 36.7. The number of aromatic nitrogens is 1. The van der Waals surface area contributed by atoms with Crippen LogP contribution in [-0.2, 0) is 4.79 Å². The van der Waals surface area contributed by atoms with Gasteiger partial charge in [0, 0.05) is 11.8 Å². The molecule has 0 saturated carbocycles. The number of carbonyl (C=O) groups excluding carboxylic acids is 1. The number of rotatable bonds is 10. The van der Waals surface area contributed by atoms with E-state index in [1.807, 2.05) is 109 Å². The fourth-order valence-corrected chi connectivity index (χ4v) is 5.75. The van der Waals surface area contributed by atoms with Crippen molar-refractivity contribution >= 4 is 61.9 Å². The summed E-state index contributed by atoms with van der Waals surface area (Å²) in [7, 11) is 1.60. The minimum absolute atomic E-state index is 0.0541. The van der Waals surface area contributed by atoms with E-state index in [0.29, 0.717) is 21.4 Å². The smallest absolute Gasteiger partial charge is 0.249 e. The van der Waals surface area contributed by atoms with Crippen molar-refractivity contribution in [3.63, 3.8) is 0 Å². The van der Waals surface area contributed by atoms with Gasteiger partial charge in [-0.2, -0.15) is 5.26 Å². The van der Waals surface area contributed by atoms with E-state index in [4.69, 9.17) is 4.74 Å². The van der Waals surface area contributed by atoms with Crippen LogP contribution in [-0.4, -0.2) is 23.8 Å². The van der Waals surface area contributed by atoms with Crippen LogP contribution in [0.1, 0.15) is 5.01 Å². The highest BCUT2D eigenvalue weighted by Crippen LogP contribution is 2.34. The average Bonchev–Trinajstić information content (AvgIpc) is 3.44. The Kier molecular flexibility index (Phi) is 8.61. The summed E-state index contributed by atoms with van der Waals surface area (Å²) in [5.41, 5.74) is 6.57. The summed E-state index contributed by atoms with van der Waals surface area (Å²) in [5, 5.41) is 16.4. The summed E-state index contributed by atoms with van der Waals surface area (Å²) in [4.78, 5) is 18.0. The Morgan fingerprint density at radius 1 is 0.950 bits per heavy atom. The summed E-state index contributed by atoms with van der Waals surface area (Å²) in [6.45, 7) is 0. The Bertz CT molecular complexity index is 1610. The van der Waals surface area contributed by atoms with Crippen molar-refractivity contribution in [2.45, 2.75) is 0 Å². The molecular weight excluding hydrogens is 539 g/mol. The van der Waals surface area contributed by atoms with Gasteiger partial charge in [-0.3, -0.25) is 15.2 Å². The SMILES string of the molecule is COc1cccc(N/C(SCC(=O)NN(c2ccccc2)c2ccccc2)=C(/C#N)c2nc3ccccc3s2)c1. The second-order valence-corrected chi connectivity index (χ2v) is 10.5. The highest BCUT2D eigenvalue weighted by atomic mass is 32.2. The number of hydrogen-bond donors (Lipinski definition) is 2. The number of hydrogen-bond acceptors (Lipinski definition) is 8. The van der Waals surface area contributed by atoms with Gasteiger partial charge in [0.25, 0.3) is 0 Å². The maximum Gasteiger partial charge on any atom is 0.249 e. The van der Waals surface area contributed by atoms with Crippen LogP contribution in [0.25, 0.3) is 15.8 Å². The lowest BCUT2D eigenvalue weighted by molar-refractivity contribution is -0.118. The predicted molar refractivity (Wildman–Crippen MR) is 164 cm³/mol. The Balaban J connectivity index is 1.43. The van der Waals surface area contributed by atoms with Crippen LogP contribution in [0.2, 0.25) is 0 Å². The van der Waals surface area contributed by atoms with Gasteiger partial charge in [-0.15, -0.1) is 11.3 Å².